The van der Waals surface area contributed by atoms with Crippen LogP contribution in [0.3, 0.4) is 0 Å². The second-order valence-electron chi connectivity index (χ2n) is 3.86. The van der Waals surface area contributed by atoms with Crippen molar-refractivity contribution >= 4 is 27.5 Å². The van der Waals surface area contributed by atoms with Crippen LogP contribution in [-0.2, 0) is 6.54 Å². The van der Waals surface area contributed by atoms with Crippen molar-refractivity contribution in [1.82, 2.24) is 9.55 Å². The second kappa shape index (κ2) is 5.94. The summed E-state index contributed by atoms with van der Waals surface area (Å²) in [4.78, 5) is 15.8. The minimum atomic E-state index is -0.502. The Morgan fingerprint density at radius 1 is 1.53 bits per heavy atom. The zero-order valence-electron chi connectivity index (χ0n) is 9.94. The van der Waals surface area contributed by atoms with Crippen molar-refractivity contribution in [3.05, 3.63) is 46.7 Å². The number of amides is 1. The number of carbonyl (C=O) groups excluding carboxylic acids is 1. The van der Waals surface area contributed by atoms with Gasteiger partial charge in [0.25, 0.3) is 5.91 Å². The van der Waals surface area contributed by atoms with Gasteiger partial charge in [-0.25, -0.2) is 9.37 Å². The van der Waals surface area contributed by atoms with E-state index in [1.807, 2.05) is 0 Å². The van der Waals surface area contributed by atoms with E-state index in [-0.39, 0.29) is 11.4 Å². The Hall–Kier alpha value is -1.73. The molecule has 0 aliphatic rings. The van der Waals surface area contributed by atoms with Crippen molar-refractivity contribution in [3.8, 4) is 0 Å². The lowest BCUT2D eigenvalue weighted by Crippen LogP contribution is -2.13. The fourth-order valence-corrected chi connectivity index (χ4v) is 1.89. The second-order valence-corrected chi connectivity index (χ2v) is 4.78. The summed E-state index contributed by atoms with van der Waals surface area (Å²) in [5.41, 5.74) is 5.72. The molecular weight excluding hydrogens is 315 g/mol. The van der Waals surface area contributed by atoms with Crippen molar-refractivity contribution in [2.45, 2.75) is 6.54 Å². The molecule has 1 aromatic heterocycles. The van der Waals surface area contributed by atoms with Gasteiger partial charge in [0.2, 0.25) is 0 Å². The summed E-state index contributed by atoms with van der Waals surface area (Å²) in [7, 11) is 0. The van der Waals surface area contributed by atoms with Crippen LogP contribution in [0.2, 0.25) is 0 Å². The predicted molar refractivity (Wildman–Crippen MR) is 73.3 cm³/mol. The number of benzene rings is 1. The van der Waals surface area contributed by atoms with Crippen molar-refractivity contribution in [3.63, 3.8) is 0 Å². The maximum absolute atomic E-state index is 13.5. The van der Waals surface area contributed by atoms with Crippen LogP contribution < -0.4 is 11.1 Å². The smallest absolute Gasteiger partial charge is 0.275 e. The lowest BCUT2D eigenvalue weighted by Gasteiger charge is -2.05. The number of imidazole rings is 1. The lowest BCUT2D eigenvalue weighted by molar-refractivity contribution is 0.102. The number of halogens is 2. The molecule has 2 rings (SSSR count). The molecule has 0 unspecified atom stereocenters. The average Bonchev–Trinajstić information content (AvgIpc) is 2.83. The molecule has 0 spiro atoms. The molecule has 0 saturated heterocycles. The van der Waals surface area contributed by atoms with E-state index < -0.39 is 11.7 Å². The van der Waals surface area contributed by atoms with Crippen LogP contribution in [0.1, 0.15) is 10.5 Å². The first-order valence-electron chi connectivity index (χ1n) is 5.58. The van der Waals surface area contributed by atoms with Crippen LogP contribution in [0, 0.1) is 5.82 Å². The third-order valence-corrected chi connectivity index (χ3v) is 2.92. The van der Waals surface area contributed by atoms with Gasteiger partial charge in [-0.15, -0.1) is 0 Å². The van der Waals surface area contributed by atoms with Gasteiger partial charge in [-0.05, 0) is 18.2 Å². The summed E-state index contributed by atoms with van der Waals surface area (Å²) in [5, 5.41) is 2.47. The van der Waals surface area contributed by atoms with E-state index in [4.69, 9.17) is 5.73 Å². The quantitative estimate of drug-likeness (QED) is 0.902. The van der Waals surface area contributed by atoms with Gasteiger partial charge >= 0.3 is 0 Å². The first kappa shape index (κ1) is 13.7. The van der Waals surface area contributed by atoms with Gasteiger partial charge in [0.1, 0.15) is 11.5 Å². The van der Waals surface area contributed by atoms with Gasteiger partial charge in [-0.3, -0.25) is 4.79 Å². The SMILES string of the molecule is NCCn1cnc(C(=O)Nc2cc(Br)ccc2F)c1. The van der Waals surface area contributed by atoms with E-state index in [1.165, 1.54) is 18.5 Å². The van der Waals surface area contributed by atoms with Gasteiger partial charge in [0, 0.05) is 23.8 Å². The molecule has 100 valence electrons. The van der Waals surface area contributed by atoms with E-state index >= 15 is 0 Å². The number of carbonyl (C=O) groups is 1. The standard InChI is InChI=1S/C12H12BrFN4O/c13-8-1-2-9(14)10(5-8)17-12(19)11-6-18(4-3-15)7-16-11/h1-2,5-7H,3-4,15H2,(H,17,19). The molecule has 5 nitrogen and oxygen atoms in total. The number of nitrogens with two attached hydrogens (primary N) is 1. The zero-order chi connectivity index (χ0) is 13.8. The molecule has 0 aliphatic heterocycles. The van der Waals surface area contributed by atoms with Crippen molar-refractivity contribution in [2.75, 3.05) is 11.9 Å². The number of hydrogen-bond acceptors (Lipinski definition) is 3. The highest BCUT2D eigenvalue weighted by Gasteiger charge is 2.12. The summed E-state index contributed by atoms with van der Waals surface area (Å²) in [6.45, 7) is 1.03. The summed E-state index contributed by atoms with van der Waals surface area (Å²) < 4.78 is 15.9. The van der Waals surface area contributed by atoms with Crippen LogP contribution in [0.15, 0.2) is 35.2 Å². The number of aromatic nitrogens is 2. The Balaban J connectivity index is 2.13. The molecule has 19 heavy (non-hydrogen) atoms. The molecule has 1 aromatic carbocycles. The third kappa shape index (κ3) is 3.39. The number of nitrogens with one attached hydrogen (secondary N) is 1. The highest BCUT2D eigenvalue weighted by molar-refractivity contribution is 9.10. The van der Waals surface area contributed by atoms with Gasteiger partial charge in [0.05, 0.1) is 12.0 Å². The fraction of sp³-hybridized carbons (Fsp3) is 0.167. The molecule has 2 aromatic rings. The topological polar surface area (TPSA) is 72.9 Å². The molecule has 1 heterocycles. The van der Waals surface area contributed by atoms with Gasteiger partial charge in [-0.1, -0.05) is 15.9 Å². The van der Waals surface area contributed by atoms with Crippen molar-refractivity contribution in [2.24, 2.45) is 5.73 Å². The number of rotatable bonds is 4. The normalized spacial score (nSPS) is 10.5. The van der Waals surface area contributed by atoms with E-state index in [1.54, 1.807) is 16.8 Å². The molecule has 0 atom stereocenters. The summed E-state index contributed by atoms with van der Waals surface area (Å²) in [6, 6.07) is 4.32. The third-order valence-electron chi connectivity index (χ3n) is 2.43. The average molecular weight is 327 g/mol. The minimum Gasteiger partial charge on any atom is -0.335 e. The Bertz CT molecular complexity index is 599. The number of anilines is 1. The molecule has 0 fully saturated rings. The molecule has 0 saturated carbocycles. The Morgan fingerprint density at radius 2 is 2.32 bits per heavy atom. The van der Waals surface area contributed by atoms with Crippen molar-refractivity contribution < 1.29 is 9.18 Å². The maximum atomic E-state index is 13.5. The molecule has 0 aliphatic carbocycles. The van der Waals surface area contributed by atoms with E-state index in [0.717, 1.165) is 0 Å². The zero-order valence-corrected chi connectivity index (χ0v) is 11.5. The molecule has 3 N–H and O–H groups in total. The highest BCUT2D eigenvalue weighted by Crippen LogP contribution is 2.20. The largest absolute Gasteiger partial charge is 0.335 e. The lowest BCUT2D eigenvalue weighted by atomic mass is 10.3. The Morgan fingerprint density at radius 3 is 3.05 bits per heavy atom. The Labute approximate surface area is 117 Å². The fourth-order valence-electron chi connectivity index (χ4n) is 1.53. The van der Waals surface area contributed by atoms with Crippen LogP contribution in [-0.4, -0.2) is 22.0 Å². The van der Waals surface area contributed by atoms with Crippen LogP contribution >= 0.6 is 15.9 Å². The minimum absolute atomic E-state index is 0.104. The molecule has 7 heteroatoms. The number of nitrogens with zero attached hydrogens (tertiary/aromatic N) is 2. The summed E-state index contributed by atoms with van der Waals surface area (Å²) in [6.07, 6.45) is 3.08. The molecule has 1 amide bonds. The number of hydrogen-bond donors (Lipinski definition) is 2. The first-order valence-corrected chi connectivity index (χ1v) is 6.37. The highest BCUT2D eigenvalue weighted by atomic mass is 79.9. The van der Waals surface area contributed by atoms with Crippen LogP contribution in [0.25, 0.3) is 0 Å². The maximum Gasteiger partial charge on any atom is 0.275 e. The molecule has 0 radical (unpaired) electrons. The Kier molecular flexibility index (Phi) is 4.28. The van der Waals surface area contributed by atoms with E-state index in [9.17, 15) is 9.18 Å². The van der Waals surface area contributed by atoms with Crippen LogP contribution in [0.4, 0.5) is 10.1 Å². The summed E-state index contributed by atoms with van der Waals surface area (Å²) in [5.74, 6) is -0.967. The first-order chi connectivity index (χ1) is 9.10. The predicted octanol–water partition coefficient (Wildman–Crippen LogP) is 2.00. The van der Waals surface area contributed by atoms with E-state index in [2.05, 4.69) is 26.2 Å². The van der Waals surface area contributed by atoms with Crippen molar-refractivity contribution in [1.29, 1.82) is 0 Å². The molecular formula is C12H12BrFN4O. The summed E-state index contributed by atoms with van der Waals surface area (Å²) >= 11 is 3.22. The van der Waals surface area contributed by atoms with Gasteiger partial charge < -0.3 is 15.6 Å². The monoisotopic (exact) mass is 326 g/mol. The van der Waals surface area contributed by atoms with Gasteiger partial charge in [-0.2, -0.15) is 0 Å². The van der Waals surface area contributed by atoms with Gasteiger partial charge in [0.15, 0.2) is 0 Å². The van der Waals surface area contributed by atoms with Crippen LogP contribution in [0.5, 0.6) is 0 Å². The molecule has 0 bridgehead atoms. The van der Waals surface area contributed by atoms with E-state index in [0.29, 0.717) is 17.6 Å².